The number of phenols is 1. The van der Waals surface area contributed by atoms with Crippen molar-refractivity contribution in [2.24, 2.45) is 0 Å². The van der Waals surface area contributed by atoms with E-state index in [0.29, 0.717) is 18.6 Å². The number of aliphatic hydroxyl groups excluding tert-OH is 1. The molecule has 0 unspecified atom stereocenters. The molecule has 1 rings (SSSR count). The van der Waals surface area contributed by atoms with Crippen LogP contribution < -0.4 is 0 Å². The van der Waals surface area contributed by atoms with Crippen molar-refractivity contribution in [1.82, 2.24) is 0 Å². The van der Waals surface area contributed by atoms with Crippen LogP contribution in [0.4, 0.5) is 0 Å². The van der Waals surface area contributed by atoms with Crippen LogP contribution in [0.15, 0.2) is 10.5 Å². The number of aryl methyl sites for hydroxylation is 2. The van der Waals surface area contributed by atoms with Crippen LogP contribution in [0, 0.1) is 13.8 Å². The van der Waals surface area contributed by atoms with E-state index in [4.69, 9.17) is 5.11 Å². The minimum atomic E-state index is 0.157. The van der Waals surface area contributed by atoms with E-state index in [0.717, 1.165) is 21.2 Å². The fraction of sp³-hybridized carbons (Fsp3) is 0.455. The predicted octanol–water partition coefficient (Wildman–Crippen LogP) is 2.70. The molecule has 1 aromatic carbocycles. The Kier molecular flexibility index (Phi) is 3.96. The molecule has 0 spiro atoms. The van der Waals surface area contributed by atoms with Gasteiger partial charge in [0.2, 0.25) is 0 Å². The first-order valence-corrected chi connectivity index (χ1v) is 5.45. The van der Waals surface area contributed by atoms with Crippen LogP contribution in [0.3, 0.4) is 0 Å². The Morgan fingerprint density at radius 2 is 1.93 bits per heavy atom. The third kappa shape index (κ3) is 2.28. The Bertz CT molecular complexity index is 335. The van der Waals surface area contributed by atoms with Gasteiger partial charge in [-0.25, -0.2) is 0 Å². The molecule has 3 heteroatoms. The first-order valence-electron chi connectivity index (χ1n) is 4.66. The summed E-state index contributed by atoms with van der Waals surface area (Å²) in [6.45, 7) is 4.09. The van der Waals surface area contributed by atoms with Crippen molar-refractivity contribution >= 4 is 15.9 Å². The summed E-state index contributed by atoms with van der Waals surface area (Å²) in [5.41, 5.74) is 3.04. The molecule has 0 saturated carbocycles. The number of phenolic OH excluding ortho intramolecular Hbond substituents is 1. The van der Waals surface area contributed by atoms with Crippen LogP contribution in [0.2, 0.25) is 0 Å². The topological polar surface area (TPSA) is 40.5 Å². The number of halogens is 1. The van der Waals surface area contributed by atoms with Crippen LogP contribution in [0.1, 0.15) is 23.1 Å². The number of aromatic hydroxyl groups is 1. The molecule has 0 amide bonds. The highest BCUT2D eigenvalue weighted by Gasteiger charge is 2.10. The van der Waals surface area contributed by atoms with Gasteiger partial charge < -0.3 is 10.2 Å². The fourth-order valence-corrected chi connectivity index (χ4v) is 1.91. The minimum absolute atomic E-state index is 0.157. The molecule has 2 nitrogen and oxygen atoms in total. The highest BCUT2D eigenvalue weighted by atomic mass is 79.9. The molecule has 2 N–H and O–H groups in total. The minimum Gasteiger partial charge on any atom is -0.506 e. The monoisotopic (exact) mass is 258 g/mol. The molecule has 0 aliphatic heterocycles. The van der Waals surface area contributed by atoms with Gasteiger partial charge in [0.1, 0.15) is 5.75 Å². The van der Waals surface area contributed by atoms with Crippen LogP contribution in [0.25, 0.3) is 0 Å². The summed E-state index contributed by atoms with van der Waals surface area (Å²) in [6.07, 6.45) is 1.40. The van der Waals surface area contributed by atoms with Crippen molar-refractivity contribution in [3.8, 4) is 5.75 Å². The molecule has 0 aliphatic carbocycles. The number of hydrogen-bond acceptors (Lipinski definition) is 2. The average Bonchev–Trinajstić information content (AvgIpc) is 2.14. The first-order chi connectivity index (χ1) is 6.57. The number of aliphatic hydroxyl groups is 1. The molecule has 0 fully saturated rings. The lowest BCUT2D eigenvalue weighted by Gasteiger charge is -2.11. The van der Waals surface area contributed by atoms with E-state index < -0.39 is 0 Å². The van der Waals surface area contributed by atoms with Gasteiger partial charge in [0.15, 0.2) is 0 Å². The van der Waals surface area contributed by atoms with E-state index in [2.05, 4.69) is 15.9 Å². The zero-order valence-electron chi connectivity index (χ0n) is 8.47. The summed E-state index contributed by atoms with van der Waals surface area (Å²) in [7, 11) is 0. The highest BCUT2D eigenvalue weighted by molar-refractivity contribution is 9.10. The molecule has 1 aromatic rings. The van der Waals surface area contributed by atoms with Gasteiger partial charge in [-0.2, -0.15) is 0 Å². The Balaban J connectivity index is 3.09. The Morgan fingerprint density at radius 1 is 1.29 bits per heavy atom. The van der Waals surface area contributed by atoms with Crippen LogP contribution in [0.5, 0.6) is 5.75 Å². The van der Waals surface area contributed by atoms with Crippen molar-refractivity contribution in [2.75, 3.05) is 6.61 Å². The summed E-state index contributed by atoms with van der Waals surface area (Å²) < 4.78 is 0.760. The summed E-state index contributed by atoms with van der Waals surface area (Å²) in [5.74, 6) is 0.316. The maximum Gasteiger partial charge on any atom is 0.133 e. The summed E-state index contributed by atoms with van der Waals surface area (Å²) >= 11 is 3.34. The SMILES string of the molecule is Cc1cc(C)c(CCCO)c(O)c1Br. The maximum absolute atomic E-state index is 9.86. The standard InChI is InChI=1S/C11H15BrO2/c1-7-6-8(2)10(12)11(14)9(7)4-3-5-13/h6,13-14H,3-5H2,1-2H3. The van der Waals surface area contributed by atoms with Gasteiger partial charge in [0.05, 0.1) is 4.47 Å². The summed E-state index contributed by atoms with van der Waals surface area (Å²) in [5, 5.41) is 18.6. The van der Waals surface area contributed by atoms with E-state index in [-0.39, 0.29) is 6.61 Å². The molecule has 0 aliphatic rings. The maximum atomic E-state index is 9.86. The third-order valence-corrected chi connectivity index (χ3v) is 3.33. The zero-order valence-corrected chi connectivity index (χ0v) is 10.1. The smallest absolute Gasteiger partial charge is 0.133 e. The predicted molar refractivity (Wildman–Crippen MR) is 60.7 cm³/mol. The molecule has 78 valence electrons. The van der Waals surface area contributed by atoms with E-state index in [1.54, 1.807) is 0 Å². The zero-order chi connectivity index (χ0) is 10.7. The van der Waals surface area contributed by atoms with E-state index in [9.17, 15) is 5.11 Å². The lowest BCUT2D eigenvalue weighted by molar-refractivity contribution is 0.288. The Morgan fingerprint density at radius 3 is 2.50 bits per heavy atom. The fourth-order valence-electron chi connectivity index (χ4n) is 1.55. The quantitative estimate of drug-likeness (QED) is 0.876. The second-order valence-corrected chi connectivity index (χ2v) is 4.27. The van der Waals surface area contributed by atoms with Gasteiger partial charge in [-0.3, -0.25) is 0 Å². The van der Waals surface area contributed by atoms with E-state index in [1.165, 1.54) is 0 Å². The van der Waals surface area contributed by atoms with Gasteiger partial charge in [-0.1, -0.05) is 6.07 Å². The van der Waals surface area contributed by atoms with Gasteiger partial charge in [-0.15, -0.1) is 0 Å². The van der Waals surface area contributed by atoms with Gasteiger partial charge in [-0.05, 0) is 59.3 Å². The Labute approximate surface area is 92.7 Å². The highest BCUT2D eigenvalue weighted by Crippen LogP contribution is 2.34. The second kappa shape index (κ2) is 4.80. The van der Waals surface area contributed by atoms with Gasteiger partial charge in [0.25, 0.3) is 0 Å². The summed E-state index contributed by atoms with van der Waals surface area (Å²) in [4.78, 5) is 0. The third-order valence-electron chi connectivity index (χ3n) is 2.33. The molecule has 0 radical (unpaired) electrons. The van der Waals surface area contributed by atoms with Crippen molar-refractivity contribution < 1.29 is 10.2 Å². The lowest BCUT2D eigenvalue weighted by atomic mass is 10.0. The van der Waals surface area contributed by atoms with Crippen LogP contribution >= 0.6 is 15.9 Å². The molecular formula is C11H15BrO2. The molecule has 0 bridgehead atoms. The molecule has 0 saturated heterocycles. The number of hydrogen-bond donors (Lipinski definition) is 2. The largest absolute Gasteiger partial charge is 0.506 e. The molecule has 0 atom stereocenters. The van der Waals surface area contributed by atoms with Gasteiger partial charge in [0, 0.05) is 6.61 Å². The molecule has 0 heterocycles. The van der Waals surface area contributed by atoms with Crippen LogP contribution in [-0.2, 0) is 6.42 Å². The van der Waals surface area contributed by atoms with Crippen molar-refractivity contribution in [3.63, 3.8) is 0 Å². The normalized spacial score (nSPS) is 10.6. The molecule has 14 heavy (non-hydrogen) atoms. The number of benzene rings is 1. The lowest BCUT2D eigenvalue weighted by Crippen LogP contribution is -1.95. The Hall–Kier alpha value is -0.540. The molecule has 0 aromatic heterocycles. The summed E-state index contributed by atoms with van der Waals surface area (Å²) in [6, 6.07) is 2.04. The first kappa shape index (κ1) is 11.5. The van der Waals surface area contributed by atoms with E-state index in [1.807, 2.05) is 19.9 Å². The number of rotatable bonds is 3. The second-order valence-electron chi connectivity index (χ2n) is 3.48. The van der Waals surface area contributed by atoms with Crippen molar-refractivity contribution in [2.45, 2.75) is 26.7 Å². The molecular weight excluding hydrogens is 244 g/mol. The average molecular weight is 259 g/mol. The van der Waals surface area contributed by atoms with Crippen molar-refractivity contribution in [3.05, 3.63) is 27.2 Å². The van der Waals surface area contributed by atoms with Crippen LogP contribution in [-0.4, -0.2) is 16.8 Å². The van der Waals surface area contributed by atoms with Gasteiger partial charge >= 0.3 is 0 Å². The van der Waals surface area contributed by atoms with Crippen molar-refractivity contribution in [1.29, 1.82) is 0 Å². The van der Waals surface area contributed by atoms with E-state index >= 15 is 0 Å².